The molecule has 1 fully saturated rings. The molecule has 0 bridgehead atoms. The van der Waals surface area contributed by atoms with E-state index in [-0.39, 0.29) is 17.4 Å². The van der Waals surface area contributed by atoms with E-state index in [2.05, 4.69) is 29.4 Å². The molecule has 7 heteroatoms. The Bertz CT molecular complexity index is 1450. The molecule has 0 unspecified atom stereocenters. The number of fused-ring (bicyclic) bond motifs is 1. The van der Waals surface area contributed by atoms with Crippen molar-refractivity contribution in [1.29, 1.82) is 0 Å². The highest BCUT2D eigenvalue weighted by molar-refractivity contribution is 5.94. The van der Waals surface area contributed by atoms with E-state index >= 15 is 0 Å². The van der Waals surface area contributed by atoms with Gasteiger partial charge in [0.15, 0.2) is 11.5 Å². The van der Waals surface area contributed by atoms with Crippen LogP contribution in [0.15, 0.2) is 65.6 Å². The zero-order chi connectivity index (χ0) is 25.2. The average Bonchev–Trinajstić information content (AvgIpc) is 2.88. The van der Waals surface area contributed by atoms with Gasteiger partial charge in [-0.1, -0.05) is 48.0 Å². The molecule has 0 saturated carbocycles. The van der Waals surface area contributed by atoms with Crippen LogP contribution in [0.3, 0.4) is 0 Å². The van der Waals surface area contributed by atoms with Gasteiger partial charge in [-0.25, -0.2) is 9.97 Å². The third-order valence-corrected chi connectivity index (χ3v) is 6.96. The maximum atomic E-state index is 13.6. The van der Waals surface area contributed by atoms with Crippen LogP contribution in [0, 0.1) is 26.7 Å². The molecule has 2 aromatic carbocycles. The van der Waals surface area contributed by atoms with Crippen LogP contribution in [0.25, 0.3) is 11.2 Å². The summed E-state index contributed by atoms with van der Waals surface area (Å²) in [6.07, 6.45) is 3.02. The smallest absolute Gasteiger partial charge is 0.295 e. The first-order valence-electron chi connectivity index (χ1n) is 12.4. The van der Waals surface area contributed by atoms with Gasteiger partial charge in [0.2, 0.25) is 5.91 Å². The lowest BCUT2D eigenvalue weighted by Gasteiger charge is -2.32. The number of piperidine rings is 1. The van der Waals surface area contributed by atoms with Crippen LogP contribution >= 0.6 is 0 Å². The Balaban J connectivity index is 1.36. The summed E-state index contributed by atoms with van der Waals surface area (Å²) in [7, 11) is 0. The molecule has 3 heterocycles. The molecule has 1 amide bonds. The molecule has 7 nitrogen and oxygen atoms in total. The zero-order valence-electron chi connectivity index (χ0n) is 21.0. The molecule has 0 radical (unpaired) electrons. The van der Waals surface area contributed by atoms with Gasteiger partial charge in [-0.15, -0.1) is 0 Å². The number of carbonyl (C=O) groups excluding carboxylic acids is 1. The Kier molecular flexibility index (Phi) is 6.55. The zero-order valence-corrected chi connectivity index (χ0v) is 21.0. The molecular formula is C29H31N5O2. The van der Waals surface area contributed by atoms with Gasteiger partial charge in [0.25, 0.3) is 5.56 Å². The fraction of sp³-hybridized carbons (Fsp3) is 0.310. The molecule has 2 aromatic heterocycles. The molecule has 1 saturated heterocycles. The lowest BCUT2D eigenvalue weighted by molar-refractivity contribution is -0.120. The molecule has 0 atom stereocenters. The first kappa shape index (κ1) is 23.7. The molecule has 36 heavy (non-hydrogen) atoms. The third kappa shape index (κ3) is 4.73. The van der Waals surface area contributed by atoms with Crippen molar-refractivity contribution < 1.29 is 4.79 Å². The fourth-order valence-corrected chi connectivity index (χ4v) is 5.14. The van der Waals surface area contributed by atoms with Gasteiger partial charge in [-0.05, 0) is 62.4 Å². The summed E-state index contributed by atoms with van der Waals surface area (Å²) in [4.78, 5) is 37.8. The molecule has 184 valence electrons. The normalized spacial score (nSPS) is 14.2. The van der Waals surface area contributed by atoms with Crippen molar-refractivity contribution in [3.8, 4) is 0 Å². The van der Waals surface area contributed by atoms with Gasteiger partial charge in [-0.2, -0.15) is 0 Å². The van der Waals surface area contributed by atoms with E-state index in [0.29, 0.717) is 49.5 Å². The number of aryl methyl sites for hydroxylation is 3. The Morgan fingerprint density at radius 3 is 2.39 bits per heavy atom. The predicted molar refractivity (Wildman–Crippen MR) is 144 cm³/mol. The van der Waals surface area contributed by atoms with Crippen molar-refractivity contribution in [2.24, 2.45) is 5.92 Å². The minimum absolute atomic E-state index is 0.0434. The Morgan fingerprint density at radius 1 is 1.00 bits per heavy atom. The second-order valence-corrected chi connectivity index (χ2v) is 9.68. The number of aromatic nitrogens is 3. The first-order chi connectivity index (χ1) is 17.4. The molecule has 1 aliphatic rings. The molecule has 4 aromatic rings. The van der Waals surface area contributed by atoms with E-state index in [4.69, 9.17) is 4.98 Å². The molecule has 1 N–H and O–H groups in total. The van der Waals surface area contributed by atoms with Crippen molar-refractivity contribution in [1.82, 2.24) is 14.5 Å². The van der Waals surface area contributed by atoms with E-state index in [0.717, 1.165) is 22.4 Å². The highest BCUT2D eigenvalue weighted by Gasteiger charge is 2.28. The van der Waals surface area contributed by atoms with Crippen LogP contribution < -0.4 is 15.8 Å². The second kappa shape index (κ2) is 9.93. The van der Waals surface area contributed by atoms with E-state index < -0.39 is 0 Å². The number of nitrogens with one attached hydrogen (secondary N) is 1. The Hall–Kier alpha value is -4.00. The van der Waals surface area contributed by atoms with Crippen LogP contribution in [0.2, 0.25) is 0 Å². The van der Waals surface area contributed by atoms with Gasteiger partial charge < -0.3 is 10.2 Å². The standard InChI is InChI=1S/C29H31N5O2/c1-19-16-20(2)25(21(3)17-19)32-28(35)23-11-14-33(15-12-23)27-29(36)34(18-22-8-5-4-6-9-22)26-24(31-27)10-7-13-30-26/h4-10,13,16-17,23H,11-12,14-15,18H2,1-3H3,(H,32,35). The average molecular weight is 482 g/mol. The quantitative estimate of drug-likeness (QED) is 0.450. The summed E-state index contributed by atoms with van der Waals surface area (Å²) in [6, 6.07) is 17.8. The molecule has 0 aliphatic carbocycles. The predicted octanol–water partition coefficient (Wildman–Crippen LogP) is 4.62. The largest absolute Gasteiger partial charge is 0.352 e. The highest BCUT2D eigenvalue weighted by Crippen LogP contribution is 2.26. The van der Waals surface area contributed by atoms with Crippen molar-refractivity contribution in [3.63, 3.8) is 0 Å². The molecule has 1 aliphatic heterocycles. The second-order valence-electron chi connectivity index (χ2n) is 9.68. The summed E-state index contributed by atoms with van der Waals surface area (Å²) in [6.45, 7) is 7.74. The van der Waals surface area contributed by atoms with Crippen LogP contribution in [0.5, 0.6) is 0 Å². The first-order valence-corrected chi connectivity index (χ1v) is 12.4. The van der Waals surface area contributed by atoms with Crippen LogP contribution in [-0.2, 0) is 11.3 Å². The van der Waals surface area contributed by atoms with Crippen LogP contribution in [-0.4, -0.2) is 33.5 Å². The number of anilines is 2. The van der Waals surface area contributed by atoms with Gasteiger partial charge in [0.1, 0.15) is 5.52 Å². The lowest BCUT2D eigenvalue weighted by Crippen LogP contribution is -2.42. The number of benzene rings is 2. The Morgan fingerprint density at radius 2 is 1.69 bits per heavy atom. The Labute approximate surface area is 210 Å². The molecular weight excluding hydrogens is 450 g/mol. The number of rotatable bonds is 5. The number of amides is 1. The van der Waals surface area contributed by atoms with Crippen molar-refractivity contribution >= 4 is 28.6 Å². The van der Waals surface area contributed by atoms with Gasteiger partial charge in [0.05, 0.1) is 6.54 Å². The summed E-state index contributed by atoms with van der Waals surface area (Å²) < 4.78 is 1.70. The van der Waals surface area contributed by atoms with Gasteiger partial charge >= 0.3 is 0 Å². The summed E-state index contributed by atoms with van der Waals surface area (Å²) >= 11 is 0. The van der Waals surface area contributed by atoms with E-state index in [1.807, 2.05) is 61.2 Å². The monoisotopic (exact) mass is 481 g/mol. The summed E-state index contributed by atoms with van der Waals surface area (Å²) in [5, 5.41) is 3.15. The number of pyridine rings is 1. The van der Waals surface area contributed by atoms with Crippen molar-refractivity contribution in [3.05, 3.63) is 93.4 Å². The summed E-state index contributed by atoms with van der Waals surface area (Å²) in [5.74, 6) is 0.368. The maximum absolute atomic E-state index is 13.6. The van der Waals surface area contributed by atoms with E-state index in [1.165, 1.54) is 5.56 Å². The number of hydrogen-bond acceptors (Lipinski definition) is 5. The van der Waals surface area contributed by atoms with E-state index in [1.54, 1.807) is 10.8 Å². The summed E-state index contributed by atoms with van der Waals surface area (Å²) in [5.41, 5.74) is 6.38. The number of hydrogen-bond donors (Lipinski definition) is 1. The lowest BCUT2D eigenvalue weighted by atomic mass is 9.95. The maximum Gasteiger partial charge on any atom is 0.295 e. The molecule has 5 rings (SSSR count). The number of carbonyl (C=O) groups is 1. The van der Waals surface area contributed by atoms with Crippen LogP contribution in [0.1, 0.15) is 35.1 Å². The third-order valence-electron chi connectivity index (χ3n) is 6.96. The minimum Gasteiger partial charge on any atom is -0.352 e. The highest BCUT2D eigenvalue weighted by atomic mass is 16.2. The van der Waals surface area contributed by atoms with Crippen LogP contribution in [0.4, 0.5) is 11.5 Å². The van der Waals surface area contributed by atoms with Gasteiger partial charge in [0, 0.05) is 30.9 Å². The topological polar surface area (TPSA) is 80.1 Å². The minimum atomic E-state index is -0.154. The molecule has 0 spiro atoms. The van der Waals surface area contributed by atoms with E-state index in [9.17, 15) is 9.59 Å². The van der Waals surface area contributed by atoms with Gasteiger partial charge in [-0.3, -0.25) is 14.2 Å². The van der Waals surface area contributed by atoms with Crippen molar-refractivity contribution in [2.45, 2.75) is 40.2 Å². The SMILES string of the molecule is Cc1cc(C)c(NC(=O)C2CCN(c3nc4cccnc4n(Cc4ccccc4)c3=O)CC2)c(C)c1. The fourth-order valence-electron chi connectivity index (χ4n) is 5.14. The number of nitrogens with zero attached hydrogens (tertiary/aromatic N) is 4. The van der Waals surface area contributed by atoms with Crippen molar-refractivity contribution in [2.75, 3.05) is 23.3 Å².